The Balaban J connectivity index is 0.00000392. The van der Waals surface area contributed by atoms with Gasteiger partial charge in [0.05, 0.1) is 19.3 Å². The van der Waals surface area contributed by atoms with Gasteiger partial charge in [-0.1, -0.05) is 12.1 Å². The molecule has 9 heteroatoms. The van der Waals surface area contributed by atoms with E-state index in [9.17, 15) is 9.18 Å². The third-order valence-electron chi connectivity index (χ3n) is 4.25. The summed E-state index contributed by atoms with van der Waals surface area (Å²) in [6.45, 7) is 4.37. The van der Waals surface area contributed by atoms with Gasteiger partial charge in [0.2, 0.25) is 5.91 Å². The van der Waals surface area contributed by atoms with E-state index in [2.05, 4.69) is 15.2 Å². The van der Waals surface area contributed by atoms with Crippen LogP contribution < -0.4 is 5.32 Å². The lowest BCUT2D eigenvalue weighted by Gasteiger charge is -2.38. The number of morpholine rings is 1. The van der Waals surface area contributed by atoms with Crippen LogP contribution in [0.25, 0.3) is 0 Å². The smallest absolute Gasteiger partial charge is 0.243 e. The van der Waals surface area contributed by atoms with Crippen LogP contribution in [0.3, 0.4) is 0 Å². The zero-order valence-corrected chi connectivity index (χ0v) is 19.2. The predicted molar refractivity (Wildman–Crippen MR) is 118 cm³/mol. The van der Waals surface area contributed by atoms with Crippen molar-refractivity contribution in [2.45, 2.75) is 19.1 Å². The van der Waals surface area contributed by atoms with Crippen molar-refractivity contribution in [2.75, 3.05) is 54.0 Å². The van der Waals surface area contributed by atoms with Gasteiger partial charge >= 0.3 is 0 Å². The number of hydrogen-bond donors (Lipinski definition) is 1. The minimum absolute atomic E-state index is 0. The van der Waals surface area contributed by atoms with Crippen molar-refractivity contribution < 1.29 is 18.7 Å². The lowest BCUT2D eigenvalue weighted by molar-refractivity contribution is -0.127. The Morgan fingerprint density at radius 3 is 2.64 bits per heavy atom. The summed E-state index contributed by atoms with van der Waals surface area (Å²) in [5, 5.41) is 3.25. The largest absolute Gasteiger partial charge is 0.383 e. The normalized spacial score (nSPS) is 19.8. The molecule has 1 aromatic carbocycles. The Morgan fingerprint density at radius 2 is 2.04 bits per heavy atom. The molecule has 1 fully saturated rings. The summed E-state index contributed by atoms with van der Waals surface area (Å²) in [6, 6.07) is 6.34. The number of guanidine groups is 1. The van der Waals surface area contributed by atoms with Crippen LogP contribution in [0.1, 0.15) is 18.6 Å². The minimum Gasteiger partial charge on any atom is -0.383 e. The molecule has 1 saturated heterocycles. The summed E-state index contributed by atoms with van der Waals surface area (Å²) in [5.74, 6) is 0.298. The van der Waals surface area contributed by atoms with Crippen molar-refractivity contribution >= 4 is 35.8 Å². The Kier molecular flexibility index (Phi) is 10.7. The summed E-state index contributed by atoms with van der Waals surface area (Å²) in [6.07, 6.45) is -0.235. The van der Waals surface area contributed by atoms with Crippen LogP contribution in [0.4, 0.5) is 4.39 Å². The number of halogens is 2. The summed E-state index contributed by atoms with van der Waals surface area (Å²) in [4.78, 5) is 20.0. The number of carbonyl (C=O) groups is 1. The van der Waals surface area contributed by atoms with E-state index in [-0.39, 0.29) is 54.5 Å². The fourth-order valence-electron chi connectivity index (χ4n) is 2.80. The van der Waals surface area contributed by atoms with Gasteiger partial charge in [-0.15, -0.1) is 24.0 Å². The molecule has 28 heavy (non-hydrogen) atoms. The van der Waals surface area contributed by atoms with Crippen LogP contribution in [-0.4, -0.2) is 81.8 Å². The van der Waals surface area contributed by atoms with Gasteiger partial charge in [-0.05, 0) is 24.6 Å². The van der Waals surface area contributed by atoms with Crippen LogP contribution in [0.5, 0.6) is 0 Å². The second kappa shape index (κ2) is 12.2. The summed E-state index contributed by atoms with van der Waals surface area (Å²) in [7, 11) is 5.05. The Morgan fingerprint density at radius 1 is 1.36 bits per heavy atom. The highest BCUT2D eigenvalue weighted by molar-refractivity contribution is 14.0. The molecule has 7 nitrogen and oxygen atoms in total. The first kappa shape index (κ1) is 24.6. The molecule has 2 atom stereocenters. The molecule has 158 valence electrons. The van der Waals surface area contributed by atoms with Crippen LogP contribution in [0.15, 0.2) is 29.3 Å². The molecule has 0 radical (unpaired) electrons. The number of methoxy groups -OCH3 is 1. The van der Waals surface area contributed by atoms with E-state index in [0.29, 0.717) is 32.2 Å². The van der Waals surface area contributed by atoms with E-state index in [1.54, 1.807) is 33.3 Å². The van der Waals surface area contributed by atoms with Crippen LogP contribution in [0, 0.1) is 5.82 Å². The highest BCUT2D eigenvalue weighted by atomic mass is 127. The van der Waals surface area contributed by atoms with Crippen LogP contribution in [0.2, 0.25) is 0 Å². The zero-order valence-electron chi connectivity index (χ0n) is 16.9. The summed E-state index contributed by atoms with van der Waals surface area (Å²) < 4.78 is 24.4. The van der Waals surface area contributed by atoms with Gasteiger partial charge < -0.3 is 24.6 Å². The van der Waals surface area contributed by atoms with Crippen molar-refractivity contribution in [3.05, 3.63) is 35.6 Å². The van der Waals surface area contributed by atoms with E-state index in [4.69, 9.17) is 9.47 Å². The second-order valence-corrected chi connectivity index (χ2v) is 6.74. The predicted octanol–water partition coefficient (Wildman–Crippen LogP) is 1.89. The fraction of sp³-hybridized carbons (Fsp3) is 0.579. The SMILES string of the molecule is COCCNC(=NCC(=O)N(C)C)N1CC(C)OC(c2ccc(F)cc2)C1.I. The summed E-state index contributed by atoms with van der Waals surface area (Å²) in [5.41, 5.74) is 0.911. The van der Waals surface area contributed by atoms with Gasteiger partial charge in [0.25, 0.3) is 0 Å². The van der Waals surface area contributed by atoms with Crippen molar-refractivity contribution in [1.82, 2.24) is 15.1 Å². The molecule has 1 aliphatic heterocycles. The number of nitrogens with zero attached hydrogens (tertiary/aromatic N) is 3. The van der Waals surface area contributed by atoms with E-state index < -0.39 is 0 Å². The van der Waals surface area contributed by atoms with E-state index in [0.717, 1.165) is 5.56 Å². The molecule has 2 rings (SSSR count). The minimum atomic E-state index is -0.273. The van der Waals surface area contributed by atoms with Crippen LogP contribution >= 0.6 is 24.0 Å². The molecule has 1 N–H and O–H groups in total. The second-order valence-electron chi connectivity index (χ2n) is 6.74. The molecule has 0 saturated carbocycles. The molecule has 1 amide bonds. The standard InChI is InChI=1S/C19H29FN4O3.HI/c1-14-12-24(13-17(27-14)15-5-7-16(20)8-6-15)19(21-9-10-26-4)22-11-18(25)23(2)3;/h5-8,14,17H,9-13H2,1-4H3,(H,21,22);1H. The van der Waals surface area contributed by atoms with Crippen molar-refractivity contribution in [3.8, 4) is 0 Å². The van der Waals surface area contributed by atoms with Gasteiger partial charge in [0.15, 0.2) is 5.96 Å². The average molecular weight is 508 g/mol. The third-order valence-corrected chi connectivity index (χ3v) is 4.25. The Bertz CT molecular complexity index is 643. The average Bonchev–Trinajstić information content (AvgIpc) is 2.64. The molecule has 1 heterocycles. The molecule has 1 aliphatic rings. The summed E-state index contributed by atoms with van der Waals surface area (Å²) >= 11 is 0. The van der Waals surface area contributed by atoms with Crippen molar-refractivity contribution in [2.24, 2.45) is 4.99 Å². The topological polar surface area (TPSA) is 66.4 Å². The van der Waals surface area contributed by atoms with E-state index >= 15 is 0 Å². The van der Waals surface area contributed by atoms with Gasteiger partial charge in [0, 0.05) is 34.3 Å². The number of rotatable bonds is 6. The molecule has 0 aliphatic carbocycles. The molecule has 1 aromatic rings. The number of nitrogens with one attached hydrogen (secondary N) is 1. The Hall–Kier alpha value is -1.46. The number of benzene rings is 1. The van der Waals surface area contributed by atoms with Crippen molar-refractivity contribution in [1.29, 1.82) is 0 Å². The molecular formula is C19H30FIN4O3. The maximum absolute atomic E-state index is 13.2. The van der Waals surface area contributed by atoms with Gasteiger partial charge in [-0.25, -0.2) is 9.38 Å². The number of hydrogen-bond acceptors (Lipinski definition) is 4. The van der Waals surface area contributed by atoms with Crippen molar-refractivity contribution in [3.63, 3.8) is 0 Å². The first-order valence-electron chi connectivity index (χ1n) is 9.04. The monoisotopic (exact) mass is 508 g/mol. The maximum atomic E-state index is 13.2. The van der Waals surface area contributed by atoms with Gasteiger partial charge in [-0.3, -0.25) is 4.79 Å². The van der Waals surface area contributed by atoms with Gasteiger partial charge in [-0.2, -0.15) is 0 Å². The highest BCUT2D eigenvalue weighted by Crippen LogP contribution is 2.25. The first-order chi connectivity index (χ1) is 12.9. The molecule has 0 spiro atoms. The number of amides is 1. The molecular weight excluding hydrogens is 478 g/mol. The lowest BCUT2D eigenvalue weighted by Crippen LogP contribution is -2.51. The maximum Gasteiger partial charge on any atom is 0.243 e. The molecule has 2 unspecified atom stereocenters. The van der Waals surface area contributed by atoms with E-state index in [1.807, 2.05) is 6.92 Å². The molecule has 0 bridgehead atoms. The number of likely N-dealkylation sites (N-methyl/N-ethyl adjacent to an activating group) is 1. The lowest BCUT2D eigenvalue weighted by atomic mass is 10.1. The van der Waals surface area contributed by atoms with Gasteiger partial charge in [0.1, 0.15) is 18.5 Å². The zero-order chi connectivity index (χ0) is 19.8. The number of carbonyl (C=O) groups excluding carboxylic acids is 1. The number of aliphatic imine (C=N–C) groups is 1. The fourth-order valence-corrected chi connectivity index (χ4v) is 2.80. The number of ether oxygens (including phenoxy) is 2. The quantitative estimate of drug-likeness (QED) is 0.275. The highest BCUT2D eigenvalue weighted by Gasteiger charge is 2.28. The van der Waals surface area contributed by atoms with E-state index in [1.165, 1.54) is 17.0 Å². The molecule has 0 aromatic heterocycles. The Labute approximate surface area is 183 Å². The first-order valence-corrected chi connectivity index (χ1v) is 9.04. The third kappa shape index (κ3) is 7.51. The van der Waals surface area contributed by atoms with Crippen LogP contribution in [-0.2, 0) is 14.3 Å².